The Labute approximate surface area is 133 Å². The van der Waals surface area contributed by atoms with Crippen molar-refractivity contribution in [3.05, 3.63) is 29.3 Å². The highest BCUT2D eigenvalue weighted by Crippen LogP contribution is 2.77. The number of halogens is 3. The fraction of sp³-hybridized carbons (Fsp3) is 0.625. The van der Waals surface area contributed by atoms with Crippen molar-refractivity contribution < 1.29 is 21.6 Å². The van der Waals surface area contributed by atoms with Crippen molar-refractivity contribution >= 4 is 9.84 Å². The molecule has 0 unspecified atom stereocenters. The van der Waals surface area contributed by atoms with Gasteiger partial charge >= 0.3 is 6.18 Å². The maximum Gasteiger partial charge on any atom is 0.416 e. The lowest BCUT2D eigenvalue weighted by Gasteiger charge is -2.75. The van der Waals surface area contributed by atoms with Crippen molar-refractivity contribution in [1.29, 1.82) is 0 Å². The lowest BCUT2D eigenvalue weighted by molar-refractivity contribution is -0.192. The highest BCUT2D eigenvalue weighted by atomic mass is 32.2. The van der Waals surface area contributed by atoms with Crippen molar-refractivity contribution in [3.63, 3.8) is 0 Å². The fourth-order valence-corrected chi connectivity index (χ4v) is 5.78. The number of hydrogen-bond donors (Lipinski definition) is 1. The van der Waals surface area contributed by atoms with Gasteiger partial charge in [0.15, 0.2) is 9.84 Å². The molecule has 2 bridgehead atoms. The van der Waals surface area contributed by atoms with Crippen LogP contribution in [0.1, 0.15) is 30.4 Å². The van der Waals surface area contributed by atoms with E-state index in [0.29, 0.717) is 16.9 Å². The molecule has 0 amide bonds. The first-order chi connectivity index (χ1) is 10.6. The predicted octanol–water partition coefficient (Wildman–Crippen LogP) is 2.75. The topological polar surface area (TPSA) is 46.2 Å². The van der Waals surface area contributed by atoms with Crippen molar-refractivity contribution in [2.45, 2.75) is 35.7 Å². The molecular weight excluding hydrogens is 327 g/mol. The largest absolute Gasteiger partial charge is 0.416 e. The van der Waals surface area contributed by atoms with Crippen LogP contribution in [-0.2, 0) is 21.4 Å². The third-order valence-corrected chi connectivity index (χ3v) is 7.14. The van der Waals surface area contributed by atoms with Crippen LogP contribution in [0, 0.1) is 11.3 Å². The summed E-state index contributed by atoms with van der Waals surface area (Å²) >= 11 is 0. The van der Waals surface area contributed by atoms with Gasteiger partial charge in [0.25, 0.3) is 0 Å². The summed E-state index contributed by atoms with van der Waals surface area (Å²) in [6.45, 7) is 2.00. The Balaban J connectivity index is 1.70. The van der Waals surface area contributed by atoms with Gasteiger partial charge in [-0.2, -0.15) is 13.2 Å². The van der Waals surface area contributed by atoms with E-state index in [2.05, 4.69) is 5.32 Å². The fourth-order valence-electron chi connectivity index (χ4n) is 4.75. The third kappa shape index (κ3) is 2.09. The van der Waals surface area contributed by atoms with E-state index >= 15 is 0 Å². The molecule has 7 heteroatoms. The van der Waals surface area contributed by atoms with Gasteiger partial charge in [0.1, 0.15) is 0 Å². The molecule has 5 rings (SSSR count). The van der Waals surface area contributed by atoms with E-state index in [1.807, 2.05) is 0 Å². The van der Waals surface area contributed by atoms with E-state index in [9.17, 15) is 21.6 Å². The Hall–Kier alpha value is -1.08. The normalized spacial score (nSPS) is 33.6. The molecule has 0 radical (unpaired) electrons. The highest BCUT2D eigenvalue weighted by molar-refractivity contribution is 7.90. The number of hydrogen-bond acceptors (Lipinski definition) is 3. The van der Waals surface area contributed by atoms with E-state index in [1.54, 1.807) is 0 Å². The molecule has 1 saturated heterocycles. The minimum Gasteiger partial charge on any atom is -0.316 e. The summed E-state index contributed by atoms with van der Waals surface area (Å²) < 4.78 is 62.8. The maximum absolute atomic E-state index is 12.9. The van der Waals surface area contributed by atoms with Gasteiger partial charge in [-0.15, -0.1) is 0 Å². The van der Waals surface area contributed by atoms with Crippen molar-refractivity contribution in [3.8, 4) is 0 Å². The molecule has 1 aliphatic heterocycles. The van der Waals surface area contributed by atoms with Gasteiger partial charge in [0.2, 0.25) is 0 Å². The molecule has 1 aromatic rings. The van der Waals surface area contributed by atoms with Gasteiger partial charge in [0.05, 0.1) is 10.5 Å². The Morgan fingerprint density at radius 3 is 2.22 bits per heavy atom. The molecule has 0 atom stereocenters. The lowest BCUT2D eigenvalue weighted by Crippen LogP contribution is -2.72. The van der Waals surface area contributed by atoms with Gasteiger partial charge < -0.3 is 5.32 Å². The predicted molar refractivity (Wildman–Crippen MR) is 78.9 cm³/mol. The summed E-state index contributed by atoms with van der Waals surface area (Å²) in [5.41, 5.74) is -0.241. The number of nitrogens with one attached hydrogen (secondary N) is 1. The Morgan fingerprint density at radius 1 is 1.17 bits per heavy atom. The van der Waals surface area contributed by atoms with E-state index in [-0.39, 0.29) is 10.3 Å². The zero-order valence-corrected chi connectivity index (χ0v) is 13.5. The van der Waals surface area contributed by atoms with E-state index in [1.165, 1.54) is 6.07 Å². The van der Waals surface area contributed by atoms with Gasteiger partial charge in [-0.25, -0.2) is 8.42 Å². The quantitative estimate of drug-likeness (QED) is 0.916. The van der Waals surface area contributed by atoms with Gasteiger partial charge in [-0.05, 0) is 66.8 Å². The SMILES string of the molecule is CS(=O)(=O)c1cc(C(F)(F)F)ccc1C12CC(C3CNC3)(C1)C2. The van der Waals surface area contributed by atoms with Gasteiger partial charge in [-0.1, -0.05) is 6.07 Å². The summed E-state index contributed by atoms with van der Waals surface area (Å²) in [6, 6.07) is 3.21. The van der Waals surface area contributed by atoms with E-state index < -0.39 is 21.6 Å². The second kappa shape index (κ2) is 4.30. The van der Waals surface area contributed by atoms with Gasteiger partial charge in [0, 0.05) is 6.26 Å². The average molecular weight is 345 g/mol. The summed E-state index contributed by atoms with van der Waals surface area (Å²) in [7, 11) is -3.69. The molecular formula is C16H18F3NO2S. The van der Waals surface area contributed by atoms with Crippen molar-refractivity contribution in [2.75, 3.05) is 19.3 Å². The van der Waals surface area contributed by atoms with Gasteiger partial charge in [-0.3, -0.25) is 0 Å². The molecule has 1 aromatic carbocycles. The van der Waals surface area contributed by atoms with Crippen LogP contribution in [-0.4, -0.2) is 27.8 Å². The first-order valence-electron chi connectivity index (χ1n) is 7.68. The van der Waals surface area contributed by atoms with Crippen molar-refractivity contribution in [2.24, 2.45) is 11.3 Å². The summed E-state index contributed by atoms with van der Waals surface area (Å²) in [5.74, 6) is 0.639. The molecule has 1 N–H and O–H groups in total. The first kappa shape index (κ1) is 15.4. The van der Waals surface area contributed by atoms with Crippen LogP contribution in [0.15, 0.2) is 23.1 Å². The molecule has 126 valence electrons. The smallest absolute Gasteiger partial charge is 0.316 e. The molecule has 23 heavy (non-hydrogen) atoms. The number of rotatable bonds is 3. The standard InChI is InChI=1S/C16H18F3NO2S/c1-23(21,22)13-4-10(16(17,18)19)2-3-12(13)15-7-14(8-15,9-15)11-5-20-6-11/h2-4,11,20H,5-9H2,1H3. The van der Waals surface area contributed by atoms with Crippen LogP contribution >= 0.6 is 0 Å². The Bertz CT molecular complexity index is 761. The zero-order chi connectivity index (χ0) is 16.7. The molecule has 4 fully saturated rings. The van der Waals surface area contributed by atoms with Crippen LogP contribution in [0.4, 0.5) is 13.2 Å². The van der Waals surface area contributed by atoms with Crippen LogP contribution < -0.4 is 5.32 Å². The maximum atomic E-state index is 12.9. The number of benzene rings is 1. The minimum absolute atomic E-state index is 0.146. The van der Waals surface area contributed by atoms with Crippen LogP contribution in [0.3, 0.4) is 0 Å². The molecule has 3 saturated carbocycles. The van der Waals surface area contributed by atoms with Crippen molar-refractivity contribution in [1.82, 2.24) is 5.32 Å². The highest BCUT2D eigenvalue weighted by Gasteiger charge is 2.71. The van der Waals surface area contributed by atoms with Crippen LogP contribution in [0.5, 0.6) is 0 Å². The Kier molecular flexibility index (Phi) is 2.89. The molecule has 3 aliphatic carbocycles. The summed E-state index contributed by atoms with van der Waals surface area (Å²) in [4.78, 5) is -0.146. The molecule has 3 nitrogen and oxygen atoms in total. The molecule has 0 spiro atoms. The van der Waals surface area contributed by atoms with E-state index in [4.69, 9.17) is 0 Å². The van der Waals surface area contributed by atoms with Crippen LogP contribution in [0.2, 0.25) is 0 Å². The second-order valence-corrected chi connectivity index (χ2v) is 9.49. The monoisotopic (exact) mass is 345 g/mol. The van der Waals surface area contributed by atoms with E-state index in [0.717, 1.165) is 50.7 Å². The zero-order valence-electron chi connectivity index (χ0n) is 12.7. The average Bonchev–Trinajstić information content (AvgIpc) is 2.26. The first-order valence-corrected chi connectivity index (χ1v) is 9.58. The number of alkyl halides is 3. The second-order valence-electron chi connectivity index (χ2n) is 7.51. The lowest BCUT2D eigenvalue weighted by atomic mass is 9.30. The summed E-state index contributed by atoms with van der Waals surface area (Å²) in [6.07, 6.45) is -0.833. The molecule has 4 aliphatic rings. The minimum atomic E-state index is -4.53. The summed E-state index contributed by atoms with van der Waals surface area (Å²) in [5, 5.41) is 3.25. The molecule has 0 aromatic heterocycles. The third-order valence-electron chi connectivity index (χ3n) is 6.00. The molecule has 1 heterocycles. The van der Waals surface area contributed by atoms with Crippen LogP contribution in [0.25, 0.3) is 0 Å². The number of sulfone groups is 1. The Morgan fingerprint density at radius 2 is 1.78 bits per heavy atom.